The minimum atomic E-state index is -3.49. The van der Waals surface area contributed by atoms with Crippen LogP contribution in [0, 0.1) is 0 Å². The van der Waals surface area contributed by atoms with Gasteiger partial charge in [-0.3, -0.25) is 0 Å². The molecule has 0 saturated carbocycles. The quantitative estimate of drug-likeness (QED) is 0.743. The summed E-state index contributed by atoms with van der Waals surface area (Å²) in [7, 11) is -1.93. The fourth-order valence-electron chi connectivity index (χ4n) is 2.19. The van der Waals surface area contributed by atoms with Crippen LogP contribution >= 0.6 is 0 Å². The first-order valence-electron chi connectivity index (χ1n) is 6.60. The molecule has 1 heterocycles. The highest BCUT2D eigenvalue weighted by atomic mass is 32.2. The minimum Gasteiger partial charge on any atom is -0.497 e. The first-order valence-corrected chi connectivity index (χ1v) is 8.49. The molecule has 0 fully saturated rings. The molecule has 0 N–H and O–H groups in total. The van der Waals surface area contributed by atoms with E-state index in [-0.39, 0.29) is 5.03 Å². The Hall–Kier alpha value is -2.47. The Morgan fingerprint density at radius 2 is 1.68 bits per heavy atom. The van der Waals surface area contributed by atoms with E-state index in [1.807, 2.05) is 30.3 Å². The second-order valence-electron chi connectivity index (χ2n) is 4.87. The van der Waals surface area contributed by atoms with E-state index in [1.165, 1.54) is 0 Å². The summed E-state index contributed by atoms with van der Waals surface area (Å²) >= 11 is 0. The fourth-order valence-corrected chi connectivity index (χ4v) is 2.97. The summed E-state index contributed by atoms with van der Waals surface area (Å²) in [5, 5.41) is -0.0173. The van der Waals surface area contributed by atoms with Crippen molar-refractivity contribution in [3.05, 3.63) is 48.5 Å². The van der Waals surface area contributed by atoms with Crippen LogP contribution in [-0.4, -0.2) is 31.8 Å². The van der Waals surface area contributed by atoms with Crippen LogP contribution in [-0.2, 0) is 9.84 Å². The molecule has 1 aromatic heterocycles. The molecule has 3 aromatic rings. The van der Waals surface area contributed by atoms with Gasteiger partial charge in [0.1, 0.15) is 11.4 Å². The maximum Gasteiger partial charge on any atom is 0.194 e. The highest BCUT2D eigenvalue weighted by molar-refractivity contribution is 7.90. The summed E-state index contributed by atoms with van der Waals surface area (Å²) in [6, 6.07) is 14.3. The van der Waals surface area contributed by atoms with Crippen molar-refractivity contribution in [3.63, 3.8) is 0 Å². The van der Waals surface area contributed by atoms with E-state index in [1.54, 1.807) is 25.3 Å². The Kier molecular flexibility index (Phi) is 3.54. The van der Waals surface area contributed by atoms with Crippen LogP contribution in [0.4, 0.5) is 0 Å². The molecule has 0 spiro atoms. The number of rotatable bonds is 3. The topological polar surface area (TPSA) is 69.2 Å². The monoisotopic (exact) mass is 314 g/mol. The van der Waals surface area contributed by atoms with Crippen molar-refractivity contribution in [2.24, 2.45) is 0 Å². The van der Waals surface area contributed by atoms with Crippen LogP contribution < -0.4 is 4.74 Å². The third-order valence-corrected chi connectivity index (χ3v) is 4.22. The molecule has 0 aliphatic rings. The van der Waals surface area contributed by atoms with Crippen LogP contribution in [0.1, 0.15) is 0 Å². The molecule has 0 amide bonds. The molecule has 22 heavy (non-hydrogen) atoms. The molecule has 6 heteroatoms. The third kappa shape index (κ3) is 2.65. The number of hydrogen-bond donors (Lipinski definition) is 0. The molecule has 0 atom stereocenters. The third-order valence-electron chi connectivity index (χ3n) is 3.24. The van der Waals surface area contributed by atoms with Crippen LogP contribution in [0.15, 0.2) is 53.6 Å². The lowest BCUT2D eigenvalue weighted by Gasteiger charge is -2.09. The van der Waals surface area contributed by atoms with Gasteiger partial charge in [-0.05, 0) is 12.1 Å². The molecule has 0 bridgehead atoms. The predicted molar refractivity (Wildman–Crippen MR) is 84.6 cm³/mol. The highest BCUT2D eigenvalue weighted by Crippen LogP contribution is 2.27. The maximum atomic E-state index is 12.1. The first-order chi connectivity index (χ1) is 10.5. The number of methoxy groups -OCH3 is 1. The second kappa shape index (κ2) is 5.38. The van der Waals surface area contributed by atoms with E-state index in [9.17, 15) is 8.42 Å². The van der Waals surface area contributed by atoms with Crippen LogP contribution in [0.5, 0.6) is 5.75 Å². The molecule has 2 aromatic carbocycles. The summed E-state index contributed by atoms with van der Waals surface area (Å²) in [4.78, 5) is 8.79. The SMILES string of the molecule is COc1ccc2nc(S(C)(=O)=O)c(-c3ccccc3)nc2c1. The maximum absolute atomic E-state index is 12.1. The number of sulfone groups is 1. The van der Waals surface area contributed by atoms with Crippen molar-refractivity contribution in [3.8, 4) is 17.0 Å². The Balaban J connectivity index is 2.36. The van der Waals surface area contributed by atoms with Crippen molar-refractivity contribution in [1.82, 2.24) is 9.97 Å². The van der Waals surface area contributed by atoms with Crippen LogP contribution in [0.2, 0.25) is 0 Å². The van der Waals surface area contributed by atoms with Crippen molar-refractivity contribution in [2.45, 2.75) is 5.03 Å². The molecule has 0 radical (unpaired) electrons. The Bertz CT molecular complexity index is 938. The number of benzene rings is 2. The molecule has 0 aliphatic carbocycles. The van der Waals surface area contributed by atoms with Gasteiger partial charge in [-0.25, -0.2) is 18.4 Å². The van der Waals surface area contributed by atoms with Gasteiger partial charge in [-0.2, -0.15) is 0 Å². The first kappa shape index (κ1) is 14.5. The van der Waals surface area contributed by atoms with Gasteiger partial charge in [0.25, 0.3) is 0 Å². The van der Waals surface area contributed by atoms with E-state index < -0.39 is 9.84 Å². The molecule has 0 aliphatic heterocycles. The molecular weight excluding hydrogens is 300 g/mol. The van der Waals surface area contributed by atoms with Gasteiger partial charge >= 0.3 is 0 Å². The Labute approximate surface area is 128 Å². The number of ether oxygens (including phenoxy) is 1. The van der Waals surface area contributed by atoms with Gasteiger partial charge in [-0.15, -0.1) is 0 Å². The largest absolute Gasteiger partial charge is 0.497 e. The van der Waals surface area contributed by atoms with E-state index in [0.717, 1.165) is 6.26 Å². The van der Waals surface area contributed by atoms with Crippen LogP contribution in [0.3, 0.4) is 0 Å². The van der Waals surface area contributed by atoms with Crippen molar-refractivity contribution in [2.75, 3.05) is 13.4 Å². The normalized spacial score (nSPS) is 11.5. The second-order valence-corrected chi connectivity index (χ2v) is 6.80. The number of nitrogens with zero attached hydrogens (tertiary/aromatic N) is 2. The van der Waals surface area contributed by atoms with E-state index in [2.05, 4.69) is 9.97 Å². The predicted octanol–water partition coefficient (Wildman–Crippen LogP) is 2.71. The van der Waals surface area contributed by atoms with E-state index >= 15 is 0 Å². The summed E-state index contributed by atoms with van der Waals surface area (Å²) in [6.45, 7) is 0. The number of aromatic nitrogens is 2. The highest BCUT2D eigenvalue weighted by Gasteiger charge is 2.19. The Morgan fingerprint density at radius 3 is 2.32 bits per heavy atom. The average molecular weight is 314 g/mol. The fraction of sp³-hybridized carbons (Fsp3) is 0.125. The standard InChI is InChI=1S/C16H14N2O3S/c1-21-12-8-9-13-14(10-12)17-15(11-6-4-3-5-7-11)16(18-13)22(2,19)20/h3-10H,1-2H3. The molecule has 3 rings (SSSR count). The van der Waals surface area contributed by atoms with Gasteiger partial charge in [0.2, 0.25) is 0 Å². The van der Waals surface area contributed by atoms with Crippen LogP contribution in [0.25, 0.3) is 22.3 Å². The lowest BCUT2D eigenvalue weighted by Crippen LogP contribution is -2.06. The van der Waals surface area contributed by atoms with Gasteiger partial charge in [0.05, 0.1) is 18.1 Å². The molecule has 0 unspecified atom stereocenters. The van der Waals surface area contributed by atoms with E-state index in [4.69, 9.17) is 4.74 Å². The summed E-state index contributed by atoms with van der Waals surface area (Å²) in [6.07, 6.45) is 1.14. The number of fused-ring (bicyclic) bond motifs is 1. The smallest absolute Gasteiger partial charge is 0.194 e. The molecular formula is C16H14N2O3S. The lowest BCUT2D eigenvalue weighted by molar-refractivity contribution is 0.415. The van der Waals surface area contributed by atoms with Gasteiger partial charge < -0.3 is 4.74 Å². The summed E-state index contributed by atoms with van der Waals surface area (Å²) in [5.41, 5.74) is 2.16. The summed E-state index contributed by atoms with van der Waals surface area (Å²) in [5.74, 6) is 0.646. The average Bonchev–Trinajstić information content (AvgIpc) is 2.53. The molecule has 112 valence electrons. The van der Waals surface area contributed by atoms with Crippen molar-refractivity contribution >= 4 is 20.9 Å². The molecule has 0 saturated heterocycles. The summed E-state index contributed by atoms with van der Waals surface area (Å²) < 4.78 is 29.3. The zero-order valence-electron chi connectivity index (χ0n) is 12.1. The van der Waals surface area contributed by atoms with Crippen molar-refractivity contribution in [1.29, 1.82) is 0 Å². The van der Waals surface area contributed by atoms with Gasteiger partial charge in [0.15, 0.2) is 14.9 Å². The van der Waals surface area contributed by atoms with Gasteiger partial charge in [-0.1, -0.05) is 30.3 Å². The molecule has 5 nitrogen and oxygen atoms in total. The minimum absolute atomic E-state index is 0.0173. The number of hydrogen-bond acceptors (Lipinski definition) is 5. The van der Waals surface area contributed by atoms with Gasteiger partial charge in [0, 0.05) is 17.9 Å². The van der Waals surface area contributed by atoms with E-state index in [0.29, 0.717) is 28.0 Å². The zero-order valence-corrected chi connectivity index (χ0v) is 13.0. The zero-order chi connectivity index (χ0) is 15.7. The Morgan fingerprint density at radius 1 is 0.955 bits per heavy atom. The van der Waals surface area contributed by atoms with Crippen molar-refractivity contribution < 1.29 is 13.2 Å². The lowest BCUT2D eigenvalue weighted by atomic mass is 10.1.